The molecule has 7 nitrogen and oxygen atoms in total. The van der Waals surface area contributed by atoms with Crippen molar-refractivity contribution in [1.82, 2.24) is 0 Å². The van der Waals surface area contributed by atoms with Crippen LogP contribution in [0.4, 0.5) is 0 Å². The van der Waals surface area contributed by atoms with Crippen LogP contribution in [0.2, 0.25) is 0 Å². The van der Waals surface area contributed by atoms with Gasteiger partial charge in [-0.25, -0.2) is 0 Å². The van der Waals surface area contributed by atoms with E-state index >= 15 is 0 Å². The van der Waals surface area contributed by atoms with Crippen LogP contribution in [0, 0.1) is 5.92 Å². The molecule has 2 rings (SSSR count). The van der Waals surface area contributed by atoms with Crippen LogP contribution in [-0.2, 0) is 25.5 Å². The van der Waals surface area contributed by atoms with Gasteiger partial charge in [0.25, 0.3) is 0 Å². The Kier molecular flexibility index (Phi) is 6.85. The minimum atomic E-state index is -0.931. The molecule has 0 unspecified atom stereocenters. The Morgan fingerprint density at radius 3 is 2.35 bits per heavy atom. The van der Waals surface area contributed by atoms with E-state index in [1.54, 1.807) is 19.9 Å². The number of hydrogen-bond donors (Lipinski definition) is 3. The number of phenols is 2. The molecule has 26 heavy (non-hydrogen) atoms. The number of rotatable bonds is 7. The van der Waals surface area contributed by atoms with Gasteiger partial charge in [-0.1, -0.05) is 18.9 Å². The Balaban J connectivity index is 1.82. The number of benzene rings is 1. The zero-order valence-electron chi connectivity index (χ0n) is 15.2. The molecule has 0 saturated heterocycles. The summed E-state index contributed by atoms with van der Waals surface area (Å²) in [7, 11) is 0. The fourth-order valence-electron chi connectivity index (χ4n) is 2.94. The molecule has 0 aromatic heterocycles. The van der Waals surface area contributed by atoms with Gasteiger partial charge in [0.2, 0.25) is 0 Å². The van der Waals surface area contributed by atoms with Gasteiger partial charge in [-0.2, -0.15) is 0 Å². The topological polar surface area (TPSA) is 119 Å². The van der Waals surface area contributed by atoms with E-state index < -0.39 is 24.2 Å². The van der Waals surface area contributed by atoms with E-state index in [9.17, 15) is 19.8 Å². The van der Waals surface area contributed by atoms with Gasteiger partial charge in [-0.05, 0) is 50.8 Å². The smallest absolute Gasteiger partial charge is 0.323 e. The van der Waals surface area contributed by atoms with Crippen molar-refractivity contribution in [3.8, 4) is 11.5 Å². The first kappa shape index (κ1) is 20.0. The molecular weight excluding hydrogens is 338 g/mol. The second-order valence-corrected chi connectivity index (χ2v) is 6.90. The van der Waals surface area contributed by atoms with Gasteiger partial charge in [0.05, 0.1) is 5.92 Å². The van der Waals surface area contributed by atoms with E-state index in [-0.39, 0.29) is 29.8 Å². The van der Waals surface area contributed by atoms with Crippen molar-refractivity contribution in [2.75, 3.05) is 0 Å². The number of hydrogen-bond acceptors (Lipinski definition) is 7. The number of aromatic hydroxyl groups is 2. The summed E-state index contributed by atoms with van der Waals surface area (Å²) in [6.07, 6.45) is 2.76. The molecule has 1 fully saturated rings. The first-order chi connectivity index (χ1) is 12.3. The lowest BCUT2D eigenvalue weighted by Gasteiger charge is -2.23. The molecule has 0 radical (unpaired) electrons. The highest BCUT2D eigenvalue weighted by molar-refractivity contribution is 5.76. The third-order valence-corrected chi connectivity index (χ3v) is 4.75. The van der Waals surface area contributed by atoms with Gasteiger partial charge in [0, 0.05) is 0 Å². The van der Waals surface area contributed by atoms with Crippen molar-refractivity contribution in [1.29, 1.82) is 0 Å². The average Bonchev–Trinajstić information content (AvgIpc) is 3.12. The molecule has 1 saturated carbocycles. The van der Waals surface area contributed by atoms with Crippen molar-refractivity contribution in [3.05, 3.63) is 23.8 Å². The maximum absolute atomic E-state index is 12.2. The first-order valence-corrected chi connectivity index (χ1v) is 8.95. The summed E-state index contributed by atoms with van der Waals surface area (Å²) in [5.41, 5.74) is 6.46. The number of ether oxygens (including phenoxy) is 2. The van der Waals surface area contributed by atoms with Crippen molar-refractivity contribution >= 4 is 11.9 Å². The Hall–Kier alpha value is -2.28. The highest BCUT2D eigenvalue weighted by atomic mass is 16.6. The summed E-state index contributed by atoms with van der Waals surface area (Å²) >= 11 is 0. The SMILES string of the molecule is C[C@@H](OC(=O)C1CCCC1)[C@@H](C)OC(=O)[C@@H](N)Cc1ccc(O)c(O)c1. The number of phenolic OH excluding ortho intramolecular Hbond substituents is 2. The number of esters is 2. The molecule has 0 bridgehead atoms. The minimum absolute atomic E-state index is 0.0511. The second-order valence-electron chi connectivity index (χ2n) is 6.90. The normalized spacial score (nSPS) is 18.1. The van der Waals surface area contributed by atoms with Crippen LogP contribution in [0.15, 0.2) is 18.2 Å². The molecule has 1 aromatic carbocycles. The molecule has 1 aliphatic rings. The van der Waals surface area contributed by atoms with Gasteiger partial charge < -0.3 is 25.4 Å². The van der Waals surface area contributed by atoms with E-state index in [0.29, 0.717) is 5.56 Å². The summed E-state index contributed by atoms with van der Waals surface area (Å²) in [6, 6.07) is 3.31. The summed E-state index contributed by atoms with van der Waals surface area (Å²) in [4.78, 5) is 24.2. The summed E-state index contributed by atoms with van der Waals surface area (Å²) < 4.78 is 10.7. The van der Waals surface area contributed by atoms with E-state index in [0.717, 1.165) is 25.7 Å². The quantitative estimate of drug-likeness (QED) is 0.499. The van der Waals surface area contributed by atoms with E-state index in [4.69, 9.17) is 15.2 Å². The monoisotopic (exact) mass is 365 g/mol. The lowest BCUT2D eigenvalue weighted by Crippen LogP contribution is -2.40. The number of carbonyl (C=O) groups is 2. The predicted octanol–water partition coefficient (Wildman–Crippen LogP) is 2.02. The van der Waals surface area contributed by atoms with Crippen LogP contribution < -0.4 is 5.73 Å². The lowest BCUT2D eigenvalue weighted by atomic mass is 10.1. The predicted molar refractivity (Wildman–Crippen MR) is 94.5 cm³/mol. The van der Waals surface area contributed by atoms with Crippen molar-refractivity contribution in [2.24, 2.45) is 11.7 Å². The van der Waals surface area contributed by atoms with Crippen molar-refractivity contribution in [2.45, 2.75) is 64.2 Å². The van der Waals surface area contributed by atoms with Gasteiger partial charge in [-0.15, -0.1) is 0 Å². The largest absolute Gasteiger partial charge is 0.504 e. The first-order valence-electron chi connectivity index (χ1n) is 8.95. The fourth-order valence-corrected chi connectivity index (χ4v) is 2.94. The van der Waals surface area contributed by atoms with E-state index in [1.807, 2.05) is 0 Å². The Morgan fingerprint density at radius 1 is 1.12 bits per heavy atom. The zero-order valence-corrected chi connectivity index (χ0v) is 15.2. The van der Waals surface area contributed by atoms with Crippen molar-refractivity contribution in [3.63, 3.8) is 0 Å². The van der Waals surface area contributed by atoms with Crippen LogP contribution in [0.1, 0.15) is 45.1 Å². The molecule has 1 aromatic rings. The molecule has 1 aliphatic carbocycles. The third-order valence-electron chi connectivity index (χ3n) is 4.75. The van der Waals surface area contributed by atoms with Gasteiger partial charge in [0.1, 0.15) is 18.2 Å². The second kappa shape index (κ2) is 8.89. The minimum Gasteiger partial charge on any atom is -0.504 e. The van der Waals surface area contributed by atoms with Crippen LogP contribution in [0.25, 0.3) is 0 Å². The summed E-state index contributed by atoms with van der Waals surface area (Å²) in [5.74, 6) is -1.42. The third kappa shape index (κ3) is 5.36. The average molecular weight is 365 g/mol. The molecule has 7 heteroatoms. The van der Waals surface area contributed by atoms with Crippen LogP contribution in [-0.4, -0.2) is 40.4 Å². The molecule has 0 amide bonds. The molecular formula is C19H27NO6. The summed E-state index contributed by atoms with van der Waals surface area (Å²) in [5, 5.41) is 18.8. The summed E-state index contributed by atoms with van der Waals surface area (Å²) in [6.45, 7) is 3.35. The lowest BCUT2D eigenvalue weighted by molar-refractivity contribution is -0.168. The van der Waals surface area contributed by atoms with Crippen LogP contribution >= 0.6 is 0 Å². The van der Waals surface area contributed by atoms with Gasteiger partial charge in [0.15, 0.2) is 11.5 Å². The number of carbonyl (C=O) groups excluding carboxylic acids is 2. The fraction of sp³-hybridized carbons (Fsp3) is 0.579. The molecule has 0 heterocycles. The zero-order chi connectivity index (χ0) is 19.3. The van der Waals surface area contributed by atoms with E-state index in [2.05, 4.69) is 0 Å². The van der Waals surface area contributed by atoms with E-state index in [1.165, 1.54) is 12.1 Å². The van der Waals surface area contributed by atoms with Gasteiger partial charge >= 0.3 is 11.9 Å². The van der Waals surface area contributed by atoms with Crippen LogP contribution in [0.5, 0.6) is 11.5 Å². The van der Waals surface area contributed by atoms with Crippen LogP contribution in [0.3, 0.4) is 0 Å². The molecule has 0 aliphatic heterocycles. The Labute approximate surface area is 153 Å². The maximum atomic E-state index is 12.2. The maximum Gasteiger partial charge on any atom is 0.323 e. The molecule has 3 atom stereocenters. The van der Waals surface area contributed by atoms with Crippen molar-refractivity contribution < 1.29 is 29.3 Å². The standard InChI is InChI=1S/C19H27NO6/c1-11(25-18(23)14-5-3-4-6-14)12(2)26-19(24)15(20)9-13-7-8-16(21)17(22)10-13/h7-8,10-12,14-15,21-22H,3-6,9,20H2,1-2H3/t11-,12-,15+/m1/s1. The van der Waals surface area contributed by atoms with Gasteiger partial charge in [-0.3, -0.25) is 9.59 Å². The molecule has 144 valence electrons. The number of nitrogens with two attached hydrogens (primary N) is 1. The highest BCUT2D eigenvalue weighted by Crippen LogP contribution is 2.27. The molecule has 0 spiro atoms. The Morgan fingerprint density at radius 2 is 1.73 bits per heavy atom. The highest BCUT2D eigenvalue weighted by Gasteiger charge is 2.29. The Bertz CT molecular complexity index is 641. The molecule has 4 N–H and O–H groups in total.